The molecule has 1 N–H and O–H groups in total. The second-order valence-electron chi connectivity index (χ2n) is 4.94. The van der Waals surface area contributed by atoms with Gasteiger partial charge in [-0.05, 0) is 37.6 Å². The maximum absolute atomic E-state index is 5.51. The lowest BCUT2D eigenvalue weighted by atomic mass is 10.1. The third-order valence-electron chi connectivity index (χ3n) is 3.55. The van der Waals surface area contributed by atoms with Crippen LogP contribution in [0.3, 0.4) is 0 Å². The van der Waals surface area contributed by atoms with Crippen molar-refractivity contribution in [1.82, 2.24) is 5.32 Å². The second-order valence-corrected chi connectivity index (χ2v) is 5.79. The molecule has 0 radical (unpaired) electrons. The molecule has 0 aromatic heterocycles. The number of benzene rings is 1. The molecule has 1 aromatic rings. The van der Waals surface area contributed by atoms with E-state index in [0.29, 0.717) is 6.04 Å². The molecule has 1 atom stereocenters. The van der Waals surface area contributed by atoms with Crippen LogP contribution in [-0.4, -0.2) is 32.8 Å². The van der Waals surface area contributed by atoms with E-state index in [-0.39, 0.29) is 0 Å². The quantitative estimate of drug-likeness (QED) is 0.918. The second kappa shape index (κ2) is 7.27. The van der Waals surface area contributed by atoms with Crippen LogP contribution in [0.1, 0.15) is 31.9 Å². The Balaban J connectivity index is 2.13. The molecule has 0 aliphatic carbocycles. The molecular formula is C15H23BrN2O. The van der Waals surface area contributed by atoms with Gasteiger partial charge in [0.05, 0.1) is 6.61 Å². The van der Waals surface area contributed by atoms with E-state index >= 15 is 0 Å². The Kier molecular flexibility index (Phi) is 5.67. The zero-order valence-electron chi connectivity index (χ0n) is 11.8. The number of halogens is 1. The lowest BCUT2D eigenvalue weighted by Crippen LogP contribution is -2.26. The normalized spacial score (nSPS) is 18.2. The fourth-order valence-electron chi connectivity index (χ4n) is 2.48. The van der Waals surface area contributed by atoms with Crippen molar-refractivity contribution in [2.45, 2.75) is 26.3 Å². The van der Waals surface area contributed by atoms with Crippen molar-refractivity contribution < 1.29 is 4.74 Å². The molecule has 1 saturated heterocycles. The van der Waals surface area contributed by atoms with E-state index in [1.807, 2.05) is 0 Å². The Morgan fingerprint density at radius 1 is 1.37 bits per heavy atom. The Labute approximate surface area is 124 Å². The van der Waals surface area contributed by atoms with Crippen molar-refractivity contribution in [3.8, 4) is 0 Å². The maximum Gasteiger partial charge on any atom is 0.0641 e. The van der Waals surface area contributed by atoms with E-state index < -0.39 is 0 Å². The van der Waals surface area contributed by atoms with E-state index in [4.69, 9.17) is 4.74 Å². The van der Waals surface area contributed by atoms with E-state index in [0.717, 1.165) is 39.3 Å². The van der Waals surface area contributed by atoms with Gasteiger partial charge in [-0.25, -0.2) is 0 Å². The molecular weight excluding hydrogens is 304 g/mol. The number of rotatable bonds is 4. The molecule has 1 aliphatic heterocycles. The molecule has 0 amide bonds. The van der Waals surface area contributed by atoms with Crippen LogP contribution in [0.5, 0.6) is 0 Å². The smallest absolute Gasteiger partial charge is 0.0641 e. The zero-order chi connectivity index (χ0) is 13.7. The first-order valence-corrected chi connectivity index (χ1v) is 7.87. The fraction of sp³-hybridized carbons (Fsp3) is 0.600. The van der Waals surface area contributed by atoms with Crippen molar-refractivity contribution in [2.24, 2.45) is 0 Å². The Morgan fingerprint density at radius 2 is 2.21 bits per heavy atom. The molecule has 2 rings (SSSR count). The summed E-state index contributed by atoms with van der Waals surface area (Å²) in [6, 6.07) is 7.05. The van der Waals surface area contributed by atoms with E-state index in [9.17, 15) is 0 Å². The van der Waals surface area contributed by atoms with Crippen LogP contribution in [-0.2, 0) is 4.74 Å². The summed E-state index contributed by atoms with van der Waals surface area (Å²) in [6.07, 6.45) is 1.10. The third-order valence-corrected chi connectivity index (χ3v) is 4.24. The van der Waals surface area contributed by atoms with Crippen LogP contribution in [0.15, 0.2) is 22.7 Å². The number of nitrogens with zero attached hydrogens (tertiary/aromatic N) is 1. The number of hydrogen-bond acceptors (Lipinski definition) is 3. The lowest BCUT2D eigenvalue weighted by Gasteiger charge is -2.23. The van der Waals surface area contributed by atoms with Gasteiger partial charge in [-0.3, -0.25) is 0 Å². The molecule has 0 spiro atoms. The van der Waals surface area contributed by atoms with Crippen LogP contribution in [0.25, 0.3) is 0 Å². The van der Waals surface area contributed by atoms with Gasteiger partial charge < -0.3 is 15.0 Å². The Bertz CT molecular complexity index is 403. The minimum absolute atomic E-state index is 0.376. The van der Waals surface area contributed by atoms with Crippen molar-refractivity contribution in [3.63, 3.8) is 0 Å². The van der Waals surface area contributed by atoms with Gasteiger partial charge in [-0.2, -0.15) is 0 Å². The average Bonchev–Trinajstić information content (AvgIpc) is 2.67. The fourth-order valence-corrected chi connectivity index (χ4v) is 3.19. The topological polar surface area (TPSA) is 24.5 Å². The predicted octanol–water partition coefficient (Wildman–Crippen LogP) is 3.35. The molecule has 0 bridgehead atoms. The van der Waals surface area contributed by atoms with Crippen molar-refractivity contribution in [3.05, 3.63) is 28.2 Å². The summed E-state index contributed by atoms with van der Waals surface area (Å²) in [5.74, 6) is 0. The molecule has 4 heteroatoms. The summed E-state index contributed by atoms with van der Waals surface area (Å²) < 4.78 is 6.69. The van der Waals surface area contributed by atoms with Crippen LogP contribution >= 0.6 is 15.9 Å². The largest absolute Gasteiger partial charge is 0.380 e. The number of anilines is 1. The van der Waals surface area contributed by atoms with Gasteiger partial charge in [0.15, 0.2) is 0 Å². The minimum atomic E-state index is 0.376. The molecule has 1 unspecified atom stereocenters. The summed E-state index contributed by atoms with van der Waals surface area (Å²) in [6.45, 7) is 9.08. The molecule has 3 nitrogen and oxygen atoms in total. The summed E-state index contributed by atoms with van der Waals surface area (Å²) in [4.78, 5) is 2.40. The number of ether oxygens (including phenoxy) is 1. The van der Waals surface area contributed by atoms with E-state index in [2.05, 4.69) is 58.2 Å². The number of nitrogens with one attached hydrogen (secondary N) is 1. The first-order valence-electron chi connectivity index (χ1n) is 7.08. The summed E-state index contributed by atoms with van der Waals surface area (Å²) >= 11 is 3.71. The van der Waals surface area contributed by atoms with Gasteiger partial charge in [0, 0.05) is 35.9 Å². The molecule has 1 fully saturated rings. The highest BCUT2D eigenvalue weighted by Crippen LogP contribution is 2.28. The van der Waals surface area contributed by atoms with Crippen LogP contribution in [0.2, 0.25) is 0 Å². The SMILES string of the molecule is CCNC(C)c1ccc(N2CCCOCC2)cc1Br. The molecule has 1 heterocycles. The highest BCUT2D eigenvalue weighted by atomic mass is 79.9. The summed E-state index contributed by atoms with van der Waals surface area (Å²) in [5.41, 5.74) is 2.60. The van der Waals surface area contributed by atoms with Crippen LogP contribution in [0.4, 0.5) is 5.69 Å². The number of hydrogen-bond donors (Lipinski definition) is 1. The molecule has 1 aliphatic rings. The highest BCUT2D eigenvalue weighted by molar-refractivity contribution is 9.10. The molecule has 19 heavy (non-hydrogen) atoms. The van der Waals surface area contributed by atoms with Gasteiger partial charge in [0.2, 0.25) is 0 Å². The van der Waals surface area contributed by atoms with E-state index in [1.54, 1.807) is 0 Å². The summed E-state index contributed by atoms with van der Waals surface area (Å²) in [7, 11) is 0. The van der Waals surface area contributed by atoms with Gasteiger partial charge in [-0.1, -0.05) is 28.9 Å². The van der Waals surface area contributed by atoms with Crippen molar-refractivity contribution in [2.75, 3.05) is 37.7 Å². The van der Waals surface area contributed by atoms with Crippen LogP contribution in [0, 0.1) is 0 Å². The van der Waals surface area contributed by atoms with Gasteiger partial charge in [0.25, 0.3) is 0 Å². The molecule has 106 valence electrons. The molecule has 1 aromatic carbocycles. The first-order chi connectivity index (χ1) is 9.22. The zero-order valence-corrected chi connectivity index (χ0v) is 13.4. The predicted molar refractivity (Wildman–Crippen MR) is 83.9 cm³/mol. The van der Waals surface area contributed by atoms with Gasteiger partial charge >= 0.3 is 0 Å². The van der Waals surface area contributed by atoms with Gasteiger partial charge in [-0.15, -0.1) is 0 Å². The van der Waals surface area contributed by atoms with Crippen molar-refractivity contribution >= 4 is 21.6 Å². The monoisotopic (exact) mass is 326 g/mol. The Morgan fingerprint density at radius 3 is 2.95 bits per heavy atom. The van der Waals surface area contributed by atoms with Crippen LogP contribution < -0.4 is 10.2 Å². The Hall–Kier alpha value is -0.580. The maximum atomic E-state index is 5.51. The van der Waals surface area contributed by atoms with Gasteiger partial charge in [0.1, 0.15) is 0 Å². The first kappa shape index (κ1) is 14.8. The van der Waals surface area contributed by atoms with E-state index in [1.165, 1.54) is 15.7 Å². The highest BCUT2D eigenvalue weighted by Gasteiger charge is 2.13. The summed E-state index contributed by atoms with van der Waals surface area (Å²) in [5, 5.41) is 3.45. The average molecular weight is 327 g/mol. The lowest BCUT2D eigenvalue weighted by molar-refractivity contribution is 0.152. The third kappa shape index (κ3) is 3.94. The minimum Gasteiger partial charge on any atom is -0.380 e. The molecule has 0 saturated carbocycles. The van der Waals surface area contributed by atoms with Crippen molar-refractivity contribution in [1.29, 1.82) is 0 Å². The standard InChI is InChI=1S/C15H23BrN2O/c1-3-17-12(2)14-6-5-13(11-15(14)16)18-7-4-9-19-10-8-18/h5-6,11-12,17H,3-4,7-10H2,1-2H3.